The molecule has 128 valence electrons. The number of hydrogen-bond acceptors (Lipinski definition) is 6. The van der Waals surface area contributed by atoms with Gasteiger partial charge in [0.2, 0.25) is 11.8 Å². The number of rotatable bonds is 2. The van der Waals surface area contributed by atoms with Crippen molar-refractivity contribution in [3.63, 3.8) is 0 Å². The molecule has 2 fully saturated rings. The van der Waals surface area contributed by atoms with Crippen molar-refractivity contribution in [3.8, 4) is 0 Å². The van der Waals surface area contributed by atoms with Gasteiger partial charge in [0.1, 0.15) is 0 Å². The van der Waals surface area contributed by atoms with Gasteiger partial charge in [-0.3, -0.25) is 9.69 Å². The van der Waals surface area contributed by atoms with E-state index in [2.05, 4.69) is 20.0 Å². The molecule has 1 N–H and O–H groups in total. The van der Waals surface area contributed by atoms with Gasteiger partial charge in [0, 0.05) is 26.1 Å². The number of carbonyl (C=O) groups is 1. The molecule has 10 heteroatoms. The van der Waals surface area contributed by atoms with Crippen LogP contribution in [0.15, 0.2) is 4.52 Å². The summed E-state index contributed by atoms with van der Waals surface area (Å²) in [6.45, 7) is 2.29. The molecule has 0 aliphatic carbocycles. The molecule has 0 aromatic carbocycles. The molecule has 1 aromatic heterocycles. The van der Waals surface area contributed by atoms with Crippen molar-refractivity contribution in [2.24, 2.45) is 0 Å². The number of nitrogens with zero attached hydrogens (tertiary/aromatic N) is 3. The average Bonchev–Trinajstić information content (AvgIpc) is 2.89. The zero-order valence-corrected chi connectivity index (χ0v) is 12.4. The molecule has 3 rings (SSSR count). The highest BCUT2D eigenvalue weighted by Gasteiger charge is 2.39. The van der Waals surface area contributed by atoms with Crippen LogP contribution in [0.1, 0.15) is 31.0 Å². The lowest BCUT2D eigenvalue weighted by molar-refractivity contribution is -0.146. The van der Waals surface area contributed by atoms with E-state index in [9.17, 15) is 18.0 Å². The largest absolute Gasteiger partial charge is 0.455 e. The van der Waals surface area contributed by atoms with Crippen LogP contribution in [0.4, 0.5) is 13.2 Å². The van der Waals surface area contributed by atoms with Gasteiger partial charge in [-0.2, -0.15) is 18.2 Å². The van der Waals surface area contributed by atoms with E-state index in [1.54, 1.807) is 0 Å². The van der Waals surface area contributed by atoms with Crippen LogP contribution < -0.4 is 5.32 Å². The fourth-order valence-corrected chi connectivity index (χ4v) is 2.82. The molecule has 1 amide bonds. The lowest BCUT2D eigenvalue weighted by Gasteiger charge is -2.40. The summed E-state index contributed by atoms with van der Waals surface area (Å²) < 4.78 is 47.8. The number of nitrogens with one attached hydrogen (secondary N) is 1. The van der Waals surface area contributed by atoms with E-state index in [4.69, 9.17) is 4.74 Å². The fraction of sp³-hybridized carbons (Fsp3) is 0.769. The highest BCUT2D eigenvalue weighted by Crippen LogP contribution is 2.29. The zero-order valence-electron chi connectivity index (χ0n) is 12.4. The summed E-state index contributed by atoms with van der Waals surface area (Å²) in [5.41, 5.74) is -0.380. The maximum Gasteiger partial charge on any atom is 0.455 e. The topological polar surface area (TPSA) is 80.5 Å². The van der Waals surface area contributed by atoms with Gasteiger partial charge in [-0.1, -0.05) is 5.16 Å². The summed E-state index contributed by atoms with van der Waals surface area (Å²) in [5.74, 6) is -1.32. The van der Waals surface area contributed by atoms with Crippen LogP contribution in [0.25, 0.3) is 0 Å². The van der Waals surface area contributed by atoms with Crippen LogP contribution in [-0.2, 0) is 22.3 Å². The second-order valence-corrected chi connectivity index (χ2v) is 5.84. The molecule has 23 heavy (non-hydrogen) atoms. The van der Waals surface area contributed by atoms with Crippen LogP contribution in [-0.4, -0.2) is 52.8 Å². The summed E-state index contributed by atoms with van der Waals surface area (Å²) in [4.78, 5) is 16.7. The van der Waals surface area contributed by atoms with Crippen molar-refractivity contribution < 1.29 is 27.2 Å². The van der Waals surface area contributed by atoms with Crippen molar-refractivity contribution in [3.05, 3.63) is 11.7 Å². The molecular weight excluding hydrogens is 317 g/mol. The van der Waals surface area contributed by atoms with Gasteiger partial charge in [0.05, 0.1) is 18.8 Å². The number of piperidine rings is 1. The first kappa shape index (κ1) is 16.2. The van der Waals surface area contributed by atoms with E-state index in [0.717, 1.165) is 0 Å². The molecule has 3 heterocycles. The number of alkyl halides is 3. The highest BCUT2D eigenvalue weighted by atomic mass is 19.4. The molecule has 1 spiro atoms. The Labute approximate surface area is 130 Å². The van der Waals surface area contributed by atoms with E-state index in [-0.39, 0.29) is 23.9 Å². The van der Waals surface area contributed by atoms with Crippen LogP contribution in [0.2, 0.25) is 0 Å². The van der Waals surface area contributed by atoms with Crippen LogP contribution in [0, 0.1) is 0 Å². The number of carbonyl (C=O) groups excluding carboxylic acids is 1. The number of likely N-dealkylation sites (tertiary alicyclic amines) is 1. The van der Waals surface area contributed by atoms with Crippen LogP contribution in [0.3, 0.4) is 0 Å². The Bertz CT molecular complexity index is 567. The SMILES string of the molecule is O=C1CCOC2(CCN(Cc3nc(C(F)(F)F)no3)CC2)CN1. The Kier molecular flexibility index (Phi) is 4.28. The molecule has 7 nitrogen and oxygen atoms in total. The Hall–Kier alpha value is -1.68. The second kappa shape index (κ2) is 6.08. The number of amides is 1. The monoisotopic (exact) mass is 334 g/mol. The molecule has 2 aliphatic rings. The van der Waals surface area contributed by atoms with Crippen LogP contribution in [0.5, 0.6) is 0 Å². The molecule has 2 aliphatic heterocycles. The maximum atomic E-state index is 12.4. The quantitative estimate of drug-likeness (QED) is 0.868. The van der Waals surface area contributed by atoms with E-state index < -0.39 is 12.0 Å². The number of aromatic nitrogens is 2. The summed E-state index contributed by atoms with van der Waals surface area (Å²) in [6, 6.07) is 0. The molecule has 0 atom stereocenters. The van der Waals surface area contributed by atoms with E-state index in [0.29, 0.717) is 45.5 Å². The van der Waals surface area contributed by atoms with Gasteiger partial charge >= 0.3 is 6.18 Å². The Morgan fingerprint density at radius 3 is 2.70 bits per heavy atom. The molecule has 1 aromatic rings. The molecule has 0 radical (unpaired) electrons. The van der Waals surface area contributed by atoms with Gasteiger partial charge in [0.15, 0.2) is 0 Å². The fourth-order valence-electron chi connectivity index (χ4n) is 2.82. The Morgan fingerprint density at radius 2 is 2.04 bits per heavy atom. The number of halogens is 3. The third-order valence-electron chi connectivity index (χ3n) is 4.19. The summed E-state index contributed by atoms with van der Waals surface area (Å²) in [5, 5.41) is 5.79. The maximum absolute atomic E-state index is 12.4. The summed E-state index contributed by atoms with van der Waals surface area (Å²) >= 11 is 0. The van der Waals surface area contributed by atoms with Gasteiger partial charge in [0.25, 0.3) is 5.82 Å². The minimum absolute atomic E-state index is 0.0187. The lowest BCUT2D eigenvalue weighted by Crippen LogP contribution is -2.50. The van der Waals surface area contributed by atoms with E-state index in [1.807, 2.05) is 4.90 Å². The smallest absolute Gasteiger partial charge is 0.373 e. The highest BCUT2D eigenvalue weighted by molar-refractivity contribution is 5.76. The normalized spacial score (nSPS) is 22.8. The van der Waals surface area contributed by atoms with E-state index >= 15 is 0 Å². The summed E-state index contributed by atoms with van der Waals surface area (Å²) in [6.07, 6.45) is -2.87. The van der Waals surface area contributed by atoms with Gasteiger partial charge < -0.3 is 14.6 Å². The third kappa shape index (κ3) is 3.81. The zero-order chi connectivity index (χ0) is 16.5. The number of ether oxygens (including phenoxy) is 1. The van der Waals surface area contributed by atoms with Crippen molar-refractivity contribution in [2.75, 3.05) is 26.2 Å². The first-order chi connectivity index (χ1) is 10.9. The van der Waals surface area contributed by atoms with E-state index in [1.165, 1.54) is 0 Å². The van der Waals surface area contributed by atoms with Gasteiger partial charge in [-0.25, -0.2) is 0 Å². The first-order valence-electron chi connectivity index (χ1n) is 7.39. The molecule has 2 saturated heterocycles. The van der Waals surface area contributed by atoms with Gasteiger partial charge in [-0.15, -0.1) is 0 Å². The average molecular weight is 334 g/mol. The molecule has 0 unspecified atom stereocenters. The molecule has 0 bridgehead atoms. The minimum atomic E-state index is -4.60. The standard InChI is InChI=1S/C13H17F3N4O3/c14-13(15,16)11-18-10(23-19-11)7-20-4-2-12(3-5-20)8-17-9(21)1-6-22-12/h1-8H2,(H,17,21). The van der Waals surface area contributed by atoms with Crippen molar-refractivity contribution in [1.29, 1.82) is 0 Å². The predicted octanol–water partition coefficient (Wildman–Crippen LogP) is 0.959. The number of hydrogen-bond donors (Lipinski definition) is 1. The first-order valence-corrected chi connectivity index (χ1v) is 7.39. The third-order valence-corrected chi connectivity index (χ3v) is 4.19. The van der Waals surface area contributed by atoms with Crippen molar-refractivity contribution in [2.45, 2.75) is 37.6 Å². The van der Waals surface area contributed by atoms with Crippen molar-refractivity contribution >= 4 is 5.91 Å². The minimum Gasteiger partial charge on any atom is -0.373 e. The predicted molar refractivity (Wildman–Crippen MR) is 70.1 cm³/mol. The Balaban J connectivity index is 1.55. The van der Waals surface area contributed by atoms with Gasteiger partial charge in [-0.05, 0) is 12.8 Å². The molecule has 0 saturated carbocycles. The lowest BCUT2D eigenvalue weighted by atomic mass is 9.91. The summed E-state index contributed by atoms with van der Waals surface area (Å²) in [7, 11) is 0. The van der Waals surface area contributed by atoms with Crippen LogP contribution >= 0.6 is 0 Å². The molecular formula is C13H17F3N4O3. The Morgan fingerprint density at radius 1 is 1.30 bits per heavy atom. The van der Waals surface area contributed by atoms with Crippen molar-refractivity contribution in [1.82, 2.24) is 20.4 Å². The second-order valence-electron chi connectivity index (χ2n) is 5.84.